The second-order valence-electron chi connectivity index (χ2n) is 6.66. The predicted octanol–water partition coefficient (Wildman–Crippen LogP) is 3.22. The van der Waals surface area contributed by atoms with Crippen LogP contribution in [0.5, 0.6) is 5.75 Å². The summed E-state index contributed by atoms with van der Waals surface area (Å²) in [7, 11) is 0. The van der Waals surface area contributed by atoms with Gasteiger partial charge in [0.05, 0.1) is 25.8 Å². The molecule has 1 heterocycles. The number of carbonyl (C=O) groups is 1. The maximum Gasteiger partial charge on any atom is 0.234 e. The monoisotopic (exact) mass is 388 g/mol. The van der Waals surface area contributed by atoms with Crippen molar-refractivity contribution in [1.82, 2.24) is 10.2 Å². The van der Waals surface area contributed by atoms with Crippen LogP contribution in [0.3, 0.4) is 0 Å². The summed E-state index contributed by atoms with van der Waals surface area (Å²) in [5, 5.41) is 3.62. The second-order valence-corrected chi connectivity index (χ2v) is 7.10. The molecule has 0 spiro atoms. The van der Waals surface area contributed by atoms with Gasteiger partial charge in [0.15, 0.2) is 0 Å². The van der Waals surface area contributed by atoms with Gasteiger partial charge in [-0.15, -0.1) is 0 Å². The van der Waals surface area contributed by atoms with Gasteiger partial charge in [0.25, 0.3) is 0 Å². The fourth-order valence-electron chi connectivity index (χ4n) is 3.05. The van der Waals surface area contributed by atoms with Crippen molar-refractivity contribution in [2.24, 2.45) is 0 Å². The van der Waals surface area contributed by atoms with Crippen molar-refractivity contribution in [2.45, 2.75) is 13.0 Å². The molecular formula is C21H25ClN2O3. The van der Waals surface area contributed by atoms with E-state index in [0.717, 1.165) is 23.4 Å². The van der Waals surface area contributed by atoms with E-state index < -0.39 is 0 Å². The molecular weight excluding hydrogens is 364 g/mol. The minimum Gasteiger partial charge on any atom is -0.492 e. The van der Waals surface area contributed by atoms with Gasteiger partial charge in [0.1, 0.15) is 12.4 Å². The number of aryl methyl sites for hydroxylation is 1. The zero-order chi connectivity index (χ0) is 19.1. The molecule has 1 amide bonds. The Bertz CT molecular complexity index is 751. The van der Waals surface area contributed by atoms with Crippen molar-refractivity contribution < 1.29 is 14.3 Å². The maximum absolute atomic E-state index is 12.2. The van der Waals surface area contributed by atoms with Gasteiger partial charge in [-0.2, -0.15) is 0 Å². The molecule has 1 aliphatic heterocycles. The Kier molecular flexibility index (Phi) is 7.10. The average Bonchev–Trinajstić information content (AvgIpc) is 2.66. The van der Waals surface area contributed by atoms with Crippen molar-refractivity contribution in [3.05, 3.63) is 64.7 Å². The van der Waals surface area contributed by atoms with Gasteiger partial charge in [-0.1, -0.05) is 35.9 Å². The van der Waals surface area contributed by atoms with Crippen molar-refractivity contribution in [3.63, 3.8) is 0 Å². The summed E-state index contributed by atoms with van der Waals surface area (Å²) in [4.78, 5) is 14.3. The zero-order valence-electron chi connectivity index (χ0n) is 15.5. The fraction of sp³-hybridized carbons (Fsp3) is 0.381. The molecule has 2 aromatic carbocycles. The number of amides is 1. The summed E-state index contributed by atoms with van der Waals surface area (Å²) >= 11 is 5.94. The Hall–Kier alpha value is -2.08. The quantitative estimate of drug-likeness (QED) is 0.740. The van der Waals surface area contributed by atoms with Crippen molar-refractivity contribution >= 4 is 17.5 Å². The van der Waals surface area contributed by atoms with Gasteiger partial charge in [-0.3, -0.25) is 9.69 Å². The van der Waals surface area contributed by atoms with Gasteiger partial charge in [0.2, 0.25) is 5.91 Å². The number of carbonyl (C=O) groups excluding carboxylic acids is 1. The van der Waals surface area contributed by atoms with Crippen molar-refractivity contribution in [2.75, 3.05) is 39.4 Å². The first-order chi connectivity index (χ1) is 13.1. The number of hydrogen-bond acceptors (Lipinski definition) is 4. The first-order valence-corrected chi connectivity index (χ1v) is 9.53. The summed E-state index contributed by atoms with van der Waals surface area (Å²) in [6.45, 7) is 5.36. The van der Waals surface area contributed by atoms with Crippen LogP contribution in [-0.2, 0) is 9.53 Å². The summed E-state index contributed by atoms with van der Waals surface area (Å²) in [5.41, 5.74) is 2.23. The van der Waals surface area contributed by atoms with Crippen LogP contribution in [0.1, 0.15) is 17.2 Å². The molecule has 6 heteroatoms. The molecule has 2 aromatic rings. The molecule has 1 unspecified atom stereocenters. The summed E-state index contributed by atoms with van der Waals surface area (Å²) < 4.78 is 11.5. The van der Waals surface area contributed by atoms with Crippen molar-refractivity contribution in [1.29, 1.82) is 0 Å². The van der Waals surface area contributed by atoms with Crippen LogP contribution in [0.4, 0.5) is 0 Å². The fourth-order valence-corrected chi connectivity index (χ4v) is 3.17. The molecule has 5 nitrogen and oxygen atoms in total. The second kappa shape index (κ2) is 9.74. The van der Waals surface area contributed by atoms with E-state index in [1.165, 1.54) is 0 Å². The molecule has 1 N–H and O–H groups in total. The molecule has 144 valence electrons. The summed E-state index contributed by atoms with van der Waals surface area (Å²) in [6, 6.07) is 15.5. The Balaban J connectivity index is 1.39. The number of halogens is 1. The van der Waals surface area contributed by atoms with Gasteiger partial charge >= 0.3 is 0 Å². The van der Waals surface area contributed by atoms with E-state index >= 15 is 0 Å². The van der Waals surface area contributed by atoms with E-state index in [2.05, 4.69) is 10.2 Å². The lowest BCUT2D eigenvalue weighted by Gasteiger charge is -2.32. The van der Waals surface area contributed by atoms with E-state index in [1.807, 2.05) is 55.5 Å². The maximum atomic E-state index is 12.2. The van der Waals surface area contributed by atoms with E-state index in [9.17, 15) is 4.79 Å². The van der Waals surface area contributed by atoms with Crippen LogP contribution in [0, 0.1) is 6.92 Å². The van der Waals surface area contributed by atoms with E-state index in [-0.39, 0.29) is 12.0 Å². The molecule has 0 aliphatic carbocycles. The Morgan fingerprint density at radius 3 is 2.89 bits per heavy atom. The first kappa shape index (κ1) is 19.7. The van der Waals surface area contributed by atoms with Gasteiger partial charge in [-0.25, -0.2) is 0 Å². The normalized spacial score (nSPS) is 17.5. The number of nitrogens with zero attached hydrogens (tertiary/aromatic N) is 1. The van der Waals surface area contributed by atoms with E-state index in [4.69, 9.17) is 21.1 Å². The Morgan fingerprint density at radius 2 is 2.11 bits per heavy atom. The highest BCUT2D eigenvalue weighted by molar-refractivity contribution is 6.30. The lowest BCUT2D eigenvalue weighted by Crippen LogP contribution is -2.44. The Morgan fingerprint density at radius 1 is 1.30 bits per heavy atom. The molecule has 0 aromatic heterocycles. The molecule has 1 saturated heterocycles. The highest BCUT2D eigenvalue weighted by Gasteiger charge is 2.23. The predicted molar refractivity (Wildman–Crippen MR) is 106 cm³/mol. The third-order valence-corrected chi connectivity index (χ3v) is 4.69. The number of ether oxygens (including phenoxy) is 2. The van der Waals surface area contributed by atoms with Crippen LogP contribution in [-0.4, -0.2) is 50.2 Å². The SMILES string of the molecule is Cc1cccc(OCCNC(=O)CN2CCOC(c3ccc(Cl)cc3)C2)c1. The third kappa shape index (κ3) is 6.24. The van der Waals surface area contributed by atoms with Crippen LogP contribution in [0.2, 0.25) is 5.02 Å². The molecule has 1 aliphatic rings. The highest BCUT2D eigenvalue weighted by Crippen LogP contribution is 2.23. The minimum absolute atomic E-state index is 0.000372. The number of benzene rings is 2. The van der Waals surface area contributed by atoms with Crippen molar-refractivity contribution in [3.8, 4) is 5.75 Å². The van der Waals surface area contributed by atoms with Crippen LogP contribution < -0.4 is 10.1 Å². The molecule has 0 radical (unpaired) electrons. The van der Waals surface area contributed by atoms with Crippen LogP contribution in [0.15, 0.2) is 48.5 Å². The number of rotatable bonds is 7. The molecule has 1 atom stereocenters. The zero-order valence-corrected chi connectivity index (χ0v) is 16.2. The smallest absolute Gasteiger partial charge is 0.234 e. The summed E-state index contributed by atoms with van der Waals surface area (Å²) in [6.07, 6.45) is -0.0338. The number of morpholine rings is 1. The molecule has 0 saturated carbocycles. The lowest BCUT2D eigenvalue weighted by atomic mass is 10.1. The van der Waals surface area contributed by atoms with E-state index in [0.29, 0.717) is 37.9 Å². The molecule has 27 heavy (non-hydrogen) atoms. The van der Waals surface area contributed by atoms with Gasteiger partial charge in [0, 0.05) is 18.1 Å². The Labute approximate surface area is 165 Å². The standard InChI is InChI=1S/C21H25ClN2O3/c1-16-3-2-4-19(13-16)26-11-9-23-21(25)15-24-10-12-27-20(14-24)17-5-7-18(22)8-6-17/h2-8,13,20H,9-12,14-15H2,1H3,(H,23,25). The molecule has 0 bridgehead atoms. The largest absolute Gasteiger partial charge is 0.492 e. The number of nitrogens with one attached hydrogen (secondary N) is 1. The van der Waals surface area contributed by atoms with E-state index in [1.54, 1.807) is 0 Å². The molecule has 3 rings (SSSR count). The van der Waals surface area contributed by atoms with Crippen LogP contribution in [0.25, 0.3) is 0 Å². The minimum atomic E-state index is -0.0338. The number of hydrogen-bond donors (Lipinski definition) is 1. The molecule has 1 fully saturated rings. The highest BCUT2D eigenvalue weighted by atomic mass is 35.5. The first-order valence-electron chi connectivity index (χ1n) is 9.16. The summed E-state index contributed by atoms with van der Waals surface area (Å²) in [5.74, 6) is 0.822. The topological polar surface area (TPSA) is 50.8 Å². The van der Waals surface area contributed by atoms with Gasteiger partial charge < -0.3 is 14.8 Å². The van der Waals surface area contributed by atoms with Gasteiger partial charge in [-0.05, 0) is 42.3 Å². The van der Waals surface area contributed by atoms with Crippen LogP contribution >= 0.6 is 11.6 Å². The lowest BCUT2D eigenvalue weighted by molar-refractivity contribution is -0.124. The average molecular weight is 389 g/mol. The third-order valence-electron chi connectivity index (χ3n) is 4.44.